The second-order valence-corrected chi connectivity index (χ2v) is 8.60. The number of nitrogens with zero attached hydrogens (tertiary/aromatic N) is 4. The number of benzene rings is 2. The molecule has 1 aromatic heterocycles. The van der Waals surface area contributed by atoms with Gasteiger partial charge in [0.25, 0.3) is 11.1 Å². The SMILES string of the molecule is COc1cccc(Cc2nsc(Oc3cc(C(=O)N4CCN(C(C)=O)CC4)ccc3C)n2)c1. The van der Waals surface area contributed by atoms with Crippen molar-refractivity contribution >= 4 is 23.3 Å². The highest BCUT2D eigenvalue weighted by Gasteiger charge is 2.24. The van der Waals surface area contributed by atoms with Gasteiger partial charge in [0.05, 0.1) is 7.11 Å². The molecule has 2 heterocycles. The van der Waals surface area contributed by atoms with E-state index >= 15 is 0 Å². The largest absolute Gasteiger partial charge is 0.497 e. The smallest absolute Gasteiger partial charge is 0.298 e. The third-order valence-electron chi connectivity index (χ3n) is 5.59. The number of methoxy groups -OCH3 is 1. The van der Waals surface area contributed by atoms with Crippen LogP contribution >= 0.6 is 11.5 Å². The molecule has 0 saturated carbocycles. The molecular formula is C24H26N4O4S. The number of hydrogen-bond acceptors (Lipinski definition) is 7. The summed E-state index contributed by atoms with van der Waals surface area (Å²) in [6, 6.07) is 13.2. The molecule has 172 valence electrons. The summed E-state index contributed by atoms with van der Waals surface area (Å²) in [5, 5.41) is 0.427. The van der Waals surface area contributed by atoms with Crippen LogP contribution in [0.1, 0.15) is 34.2 Å². The molecule has 0 unspecified atom stereocenters. The summed E-state index contributed by atoms with van der Waals surface area (Å²) in [7, 11) is 1.64. The van der Waals surface area contributed by atoms with Crippen molar-refractivity contribution in [1.82, 2.24) is 19.2 Å². The quantitative estimate of drug-likeness (QED) is 0.552. The highest BCUT2D eigenvalue weighted by atomic mass is 32.1. The Morgan fingerprint density at radius 3 is 2.55 bits per heavy atom. The monoisotopic (exact) mass is 466 g/mol. The second-order valence-electron chi connectivity index (χ2n) is 7.89. The van der Waals surface area contributed by atoms with Crippen LogP contribution in [0.15, 0.2) is 42.5 Å². The molecule has 8 nitrogen and oxygen atoms in total. The van der Waals surface area contributed by atoms with Gasteiger partial charge in [-0.2, -0.15) is 9.36 Å². The Bertz CT molecular complexity index is 1150. The molecule has 2 amide bonds. The van der Waals surface area contributed by atoms with E-state index in [2.05, 4.69) is 9.36 Å². The zero-order valence-electron chi connectivity index (χ0n) is 18.9. The van der Waals surface area contributed by atoms with Crippen molar-refractivity contribution in [2.45, 2.75) is 20.3 Å². The summed E-state index contributed by atoms with van der Waals surface area (Å²) in [6.07, 6.45) is 0.570. The Morgan fingerprint density at radius 2 is 1.82 bits per heavy atom. The molecule has 0 bridgehead atoms. The van der Waals surface area contributed by atoms with Gasteiger partial charge in [-0.15, -0.1) is 0 Å². The number of hydrogen-bond donors (Lipinski definition) is 0. The van der Waals surface area contributed by atoms with Crippen molar-refractivity contribution in [3.8, 4) is 16.7 Å². The van der Waals surface area contributed by atoms with E-state index in [0.717, 1.165) is 16.9 Å². The Labute approximate surface area is 196 Å². The predicted octanol–water partition coefficient (Wildman–Crippen LogP) is 3.54. The maximum Gasteiger partial charge on any atom is 0.298 e. The normalized spacial score (nSPS) is 13.7. The Morgan fingerprint density at radius 1 is 1.06 bits per heavy atom. The lowest BCUT2D eigenvalue weighted by molar-refractivity contribution is -0.130. The molecule has 33 heavy (non-hydrogen) atoms. The fourth-order valence-corrected chi connectivity index (χ4v) is 4.22. The highest BCUT2D eigenvalue weighted by Crippen LogP contribution is 2.28. The minimum Gasteiger partial charge on any atom is -0.497 e. The minimum absolute atomic E-state index is 0.0379. The fraction of sp³-hybridized carbons (Fsp3) is 0.333. The number of rotatable bonds is 6. The fourth-order valence-electron chi connectivity index (χ4n) is 3.66. The molecule has 0 atom stereocenters. The molecule has 9 heteroatoms. The number of amides is 2. The van der Waals surface area contributed by atoms with Crippen molar-refractivity contribution in [2.24, 2.45) is 0 Å². The van der Waals surface area contributed by atoms with Crippen molar-refractivity contribution in [3.05, 3.63) is 65.0 Å². The first-order chi connectivity index (χ1) is 15.9. The number of carbonyl (C=O) groups is 2. The lowest BCUT2D eigenvalue weighted by atomic mass is 10.1. The van der Waals surface area contributed by atoms with Crippen LogP contribution in [0.3, 0.4) is 0 Å². The number of carbonyl (C=O) groups excluding carboxylic acids is 2. The van der Waals surface area contributed by atoms with Crippen molar-refractivity contribution in [3.63, 3.8) is 0 Å². The molecule has 0 radical (unpaired) electrons. The molecule has 0 spiro atoms. The summed E-state index contributed by atoms with van der Waals surface area (Å²) in [6.45, 7) is 5.62. The minimum atomic E-state index is -0.0703. The highest BCUT2D eigenvalue weighted by molar-refractivity contribution is 7.07. The molecule has 0 aliphatic carbocycles. The summed E-state index contributed by atoms with van der Waals surface area (Å²) >= 11 is 1.18. The summed E-state index contributed by atoms with van der Waals surface area (Å²) < 4.78 is 15.7. The van der Waals surface area contributed by atoms with Crippen LogP contribution < -0.4 is 9.47 Å². The van der Waals surface area contributed by atoms with Crippen LogP contribution in [0.2, 0.25) is 0 Å². The number of ether oxygens (including phenoxy) is 2. The predicted molar refractivity (Wildman–Crippen MR) is 125 cm³/mol. The average Bonchev–Trinajstić information content (AvgIpc) is 3.26. The Hall–Kier alpha value is -3.46. The van der Waals surface area contributed by atoms with E-state index < -0.39 is 0 Å². The van der Waals surface area contributed by atoms with Crippen molar-refractivity contribution in [2.75, 3.05) is 33.3 Å². The topological polar surface area (TPSA) is 84.9 Å². The summed E-state index contributed by atoms with van der Waals surface area (Å²) in [4.78, 5) is 32.5. The molecule has 1 aliphatic rings. The lowest BCUT2D eigenvalue weighted by Gasteiger charge is -2.34. The van der Waals surface area contributed by atoms with E-state index in [0.29, 0.717) is 54.9 Å². The molecular weight excluding hydrogens is 440 g/mol. The van der Waals surface area contributed by atoms with Crippen molar-refractivity contribution < 1.29 is 19.1 Å². The van der Waals surface area contributed by atoms with Gasteiger partial charge in [-0.3, -0.25) is 9.59 Å². The third-order valence-corrected chi connectivity index (χ3v) is 6.22. The van der Waals surface area contributed by atoms with Crippen LogP contribution in [-0.4, -0.2) is 64.3 Å². The van der Waals surface area contributed by atoms with Gasteiger partial charge in [0.1, 0.15) is 11.5 Å². The molecule has 1 fully saturated rings. The van der Waals surface area contributed by atoms with Gasteiger partial charge in [0, 0.05) is 56.6 Å². The first kappa shape index (κ1) is 22.7. The first-order valence-corrected chi connectivity index (χ1v) is 11.5. The van der Waals surface area contributed by atoms with Gasteiger partial charge < -0.3 is 19.3 Å². The van der Waals surface area contributed by atoms with E-state index in [1.807, 2.05) is 37.3 Å². The number of piperazine rings is 1. The number of aryl methyl sites for hydroxylation is 1. The van der Waals surface area contributed by atoms with Crippen molar-refractivity contribution in [1.29, 1.82) is 0 Å². The molecule has 3 aromatic rings. The van der Waals surface area contributed by atoms with E-state index in [9.17, 15) is 9.59 Å². The Balaban J connectivity index is 1.43. The van der Waals surface area contributed by atoms with Crippen LogP contribution in [0.4, 0.5) is 0 Å². The van der Waals surface area contributed by atoms with Crippen LogP contribution in [0, 0.1) is 6.92 Å². The maximum atomic E-state index is 13.0. The van der Waals surface area contributed by atoms with Gasteiger partial charge in [0.15, 0.2) is 5.82 Å². The van der Waals surface area contributed by atoms with E-state index in [1.54, 1.807) is 36.0 Å². The molecule has 0 N–H and O–H groups in total. The number of aromatic nitrogens is 2. The van der Waals surface area contributed by atoms with Gasteiger partial charge >= 0.3 is 0 Å². The van der Waals surface area contributed by atoms with Crippen LogP contribution in [-0.2, 0) is 11.2 Å². The third kappa shape index (κ3) is 5.48. The van der Waals surface area contributed by atoms with E-state index in [4.69, 9.17) is 9.47 Å². The van der Waals surface area contributed by atoms with Crippen LogP contribution in [0.25, 0.3) is 0 Å². The van der Waals surface area contributed by atoms with Gasteiger partial charge in [-0.25, -0.2) is 0 Å². The Kier molecular flexibility index (Phi) is 6.88. The summed E-state index contributed by atoms with van der Waals surface area (Å²) in [5.41, 5.74) is 2.50. The maximum absolute atomic E-state index is 13.0. The average molecular weight is 467 g/mol. The molecule has 1 aliphatic heterocycles. The van der Waals surface area contributed by atoms with Gasteiger partial charge in [-0.05, 0) is 42.3 Å². The second kappa shape index (κ2) is 9.99. The zero-order valence-corrected chi connectivity index (χ0v) is 19.7. The van der Waals surface area contributed by atoms with Gasteiger partial charge in [0.2, 0.25) is 5.91 Å². The van der Waals surface area contributed by atoms with E-state index in [1.165, 1.54) is 11.5 Å². The van der Waals surface area contributed by atoms with Crippen LogP contribution in [0.5, 0.6) is 16.7 Å². The molecule has 1 saturated heterocycles. The zero-order chi connectivity index (χ0) is 23.4. The van der Waals surface area contributed by atoms with Gasteiger partial charge in [-0.1, -0.05) is 18.2 Å². The molecule has 2 aromatic carbocycles. The lowest BCUT2D eigenvalue weighted by Crippen LogP contribution is -2.50. The first-order valence-electron chi connectivity index (χ1n) is 10.7. The van der Waals surface area contributed by atoms with E-state index in [-0.39, 0.29) is 11.8 Å². The standard InChI is InChI=1S/C24H26N4O4S/c1-16-7-8-19(23(30)28-11-9-27(10-12-28)17(2)29)15-21(16)32-24-25-22(26-33-24)14-18-5-4-6-20(13-18)31-3/h4-8,13,15H,9-12,14H2,1-3H3. The summed E-state index contributed by atoms with van der Waals surface area (Å²) in [5.74, 6) is 2.00. The molecule has 4 rings (SSSR count).